The van der Waals surface area contributed by atoms with Gasteiger partial charge in [0.25, 0.3) is 11.8 Å². The third-order valence-electron chi connectivity index (χ3n) is 5.75. The van der Waals surface area contributed by atoms with Crippen LogP contribution < -0.4 is 26.4 Å². The Morgan fingerprint density at radius 3 is 2.16 bits per heavy atom. The summed E-state index contributed by atoms with van der Waals surface area (Å²) in [6, 6.07) is 9.09. The van der Waals surface area contributed by atoms with E-state index >= 15 is 0 Å². The molecule has 0 radical (unpaired) electrons. The molecule has 1 aliphatic carbocycles. The zero-order chi connectivity index (χ0) is 27.2. The van der Waals surface area contributed by atoms with Crippen LogP contribution in [0.15, 0.2) is 47.4 Å². The van der Waals surface area contributed by atoms with Crippen molar-refractivity contribution in [1.29, 1.82) is 0 Å². The molecular weight excluding hydrogens is 617 g/mol. The zero-order valence-electron chi connectivity index (χ0n) is 19.5. The van der Waals surface area contributed by atoms with Crippen molar-refractivity contribution in [2.45, 2.75) is 42.7 Å². The standard InChI is InChI=1S/C23H26IN5O7S/c24-14-7-10-17(29-23(33)34)16(11-14)22(32)26-12-20(30)27-18-3-1-2-4-19(18)28-21(31)13-5-8-15(9-6-13)37(25,35)36/h5-11,18-19,29H,1-4,12H2,(H,26,32)(H,27,30)(H,28,31)(H,33,34)(H2,25,35,36)/t18-,19+/m1/s1. The van der Waals surface area contributed by atoms with Gasteiger partial charge in [-0.05, 0) is 77.9 Å². The van der Waals surface area contributed by atoms with Gasteiger partial charge in [-0.25, -0.2) is 18.4 Å². The predicted octanol–water partition coefficient (Wildman–Crippen LogP) is 1.62. The Balaban J connectivity index is 1.59. The van der Waals surface area contributed by atoms with Crippen LogP contribution in [0.5, 0.6) is 0 Å². The SMILES string of the molecule is NS(=O)(=O)c1ccc(C(=O)N[C@H]2CCCC[C@H]2NC(=O)CNC(=O)c2cc(I)ccc2NC(=O)O)cc1. The first kappa shape index (κ1) is 28.3. The van der Waals surface area contributed by atoms with Crippen LogP contribution >= 0.6 is 22.6 Å². The summed E-state index contributed by atoms with van der Waals surface area (Å²) in [6.45, 7) is -0.344. The highest BCUT2D eigenvalue weighted by atomic mass is 127. The molecule has 2 atom stereocenters. The van der Waals surface area contributed by atoms with E-state index in [4.69, 9.17) is 10.2 Å². The van der Waals surface area contributed by atoms with Gasteiger partial charge in [-0.2, -0.15) is 0 Å². The summed E-state index contributed by atoms with van der Waals surface area (Å²) >= 11 is 1.99. The zero-order valence-corrected chi connectivity index (χ0v) is 22.5. The van der Waals surface area contributed by atoms with E-state index < -0.39 is 33.8 Å². The number of hydrogen-bond donors (Lipinski definition) is 6. The van der Waals surface area contributed by atoms with Gasteiger partial charge in [0.05, 0.1) is 22.7 Å². The number of halogens is 1. The van der Waals surface area contributed by atoms with E-state index in [0.29, 0.717) is 16.4 Å². The molecule has 2 aromatic carbocycles. The third kappa shape index (κ3) is 8.13. The lowest BCUT2D eigenvalue weighted by molar-refractivity contribution is -0.121. The number of primary sulfonamides is 1. The van der Waals surface area contributed by atoms with E-state index in [9.17, 15) is 27.6 Å². The van der Waals surface area contributed by atoms with Crippen molar-refractivity contribution in [3.63, 3.8) is 0 Å². The van der Waals surface area contributed by atoms with Gasteiger partial charge in [-0.1, -0.05) is 12.8 Å². The molecule has 198 valence electrons. The maximum Gasteiger partial charge on any atom is 0.409 e. The number of nitrogens with two attached hydrogens (primary N) is 1. The number of carbonyl (C=O) groups is 4. The molecule has 3 rings (SSSR count). The van der Waals surface area contributed by atoms with Crippen molar-refractivity contribution < 1.29 is 32.7 Å². The number of carbonyl (C=O) groups excluding carboxylic acids is 3. The maximum atomic E-state index is 12.7. The second kappa shape index (κ2) is 12.3. The predicted molar refractivity (Wildman–Crippen MR) is 143 cm³/mol. The molecule has 0 unspecified atom stereocenters. The number of rotatable bonds is 8. The molecule has 12 nitrogen and oxygen atoms in total. The van der Waals surface area contributed by atoms with E-state index in [2.05, 4.69) is 21.3 Å². The molecule has 0 aliphatic heterocycles. The summed E-state index contributed by atoms with van der Waals surface area (Å²) in [7, 11) is -3.87. The highest BCUT2D eigenvalue weighted by Gasteiger charge is 2.28. The number of sulfonamides is 1. The number of carboxylic acid groups (broad SMARTS) is 1. The Labute approximate surface area is 226 Å². The maximum absolute atomic E-state index is 12.7. The van der Waals surface area contributed by atoms with Crippen molar-refractivity contribution in [1.82, 2.24) is 16.0 Å². The van der Waals surface area contributed by atoms with E-state index in [1.165, 1.54) is 36.4 Å². The van der Waals surface area contributed by atoms with Gasteiger partial charge in [0.15, 0.2) is 0 Å². The van der Waals surface area contributed by atoms with Gasteiger partial charge in [0.1, 0.15) is 0 Å². The molecule has 0 aromatic heterocycles. The Bertz CT molecular complexity index is 1300. The summed E-state index contributed by atoms with van der Waals surface area (Å²) in [5.74, 6) is -1.50. The van der Waals surface area contributed by atoms with Crippen LogP contribution in [0.1, 0.15) is 46.4 Å². The van der Waals surface area contributed by atoms with Gasteiger partial charge in [-0.3, -0.25) is 19.7 Å². The molecule has 0 saturated heterocycles. The number of anilines is 1. The first-order chi connectivity index (χ1) is 17.4. The summed E-state index contributed by atoms with van der Waals surface area (Å²) in [5.41, 5.74) is 0.426. The van der Waals surface area contributed by atoms with Crippen molar-refractivity contribution in [2.24, 2.45) is 5.14 Å². The van der Waals surface area contributed by atoms with Crippen LogP contribution in [-0.4, -0.2) is 56.0 Å². The van der Waals surface area contributed by atoms with E-state index in [1.54, 1.807) is 6.07 Å². The van der Waals surface area contributed by atoms with Crippen LogP contribution in [0.25, 0.3) is 0 Å². The molecule has 1 saturated carbocycles. The number of benzene rings is 2. The minimum Gasteiger partial charge on any atom is -0.465 e. The average Bonchev–Trinajstić information content (AvgIpc) is 2.84. The Morgan fingerprint density at radius 1 is 0.946 bits per heavy atom. The van der Waals surface area contributed by atoms with Crippen LogP contribution in [0.2, 0.25) is 0 Å². The fourth-order valence-corrected chi connectivity index (χ4v) is 4.97. The monoisotopic (exact) mass is 643 g/mol. The van der Waals surface area contributed by atoms with Crippen LogP contribution in [-0.2, 0) is 14.8 Å². The molecule has 14 heteroatoms. The fourth-order valence-electron chi connectivity index (χ4n) is 3.97. The number of amides is 4. The molecule has 0 spiro atoms. The average molecular weight is 643 g/mol. The molecule has 0 bridgehead atoms. The first-order valence-corrected chi connectivity index (χ1v) is 13.9. The highest BCUT2D eigenvalue weighted by molar-refractivity contribution is 14.1. The molecular formula is C23H26IN5O7S. The topological polar surface area (TPSA) is 197 Å². The Kier molecular flexibility index (Phi) is 9.45. The van der Waals surface area contributed by atoms with E-state index in [1.807, 2.05) is 22.6 Å². The Morgan fingerprint density at radius 2 is 1.57 bits per heavy atom. The van der Waals surface area contributed by atoms with Gasteiger partial charge in [0, 0.05) is 21.2 Å². The minimum atomic E-state index is -3.87. The van der Waals surface area contributed by atoms with Crippen molar-refractivity contribution in [3.05, 3.63) is 57.2 Å². The normalized spacial score (nSPS) is 17.4. The molecule has 1 aliphatic rings. The molecule has 37 heavy (non-hydrogen) atoms. The van der Waals surface area contributed by atoms with Gasteiger partial charge < -0.3 is 21.1 Å². The molecule has 1 fully saturated rings. The van der Waals surface area contributed by atoms with Crippen LogP contribution in [0.4, 0.5) is 10.5 Å². The van der Waals surface area contributed by atoms with Gasteiger partial charge in [0.2, 0.25) is 15.9 Å². The Hall–Kier alpha value is -3.24. The van der Waals surface area contributed by atoms with E-state index in [0.717, 1.165) is 12.8 Å². The summed E-state index contributed by atoms with van der Waals surface area (Å²) < 4.78 is 23.5. The van der Waals surface area contributed by atoms with Crippen molar-refractivity contribution >= 4 is 62.1 Å². The lowest BCUT2D eigenvalue weighted by Gasteiger charge is -2.33. The summed E-state index contributed by atoms with van der Waals surface area (Å²) in [5, 5.41) is 24.4. The highest BCUT2D eigenvalue weighted by Crippen LogP contribution is 2.20. The van der Waals surface area contributed by atoms with Crippen molar-refractivity contribution in [3.8, 4) is 0 Å². The van der Waals surface area contributed by atoms with Gasteiger partial charge in [-0.15, -0.1) is 0 Å². The minimum absolute atomic E-state index is 0.0818. The molecule has 0 heterocycles. The van der Waals surface area contributed by atoms with Gasteiger partial charge >= 0.3 is 6.09 Å². The lowest BCUT2D eigenvalue weighted by atomic mass is 9.90. The smallest absolute Gasteiger partial charge is 0.409 e. The molecule has 4 amide bonds. The first-order valence-electron chi connectivity index (χ1n) is 11.2. The number of hydrogen-bond acceptors (Lipinski definition) is 6. The third-order valence-corrected chi connectivity index (χ3v) is 7.35. The summed E-state index contributed by atoms with van der Waals surface area (Å²) in [6.07, 6.45) is 1.63. The quantitative estimate of drug-likeness (QED) is 0.235. The number of nitrogens with one attached hydrogen (secondary N) is 4. The second-order valence-corrected chi connectivity index (χ2v) is 11.2. The molecule has 2 aromatic rings. The van der Waals surface area contributed by atoms with Crippen LogP contribution in [0.3, 0.4) is 0 Å². The fraction of sp³-hybridized carbons (Fsp3) is 0.304. The largest absolute Gasteiger partial charge is 0.465 e. The summed E-state index contributed by atoms with van der Waals surface area (Å²) in [4.78, 5) is 48.8. The van der Waals surface area contributed by atoms with E-state index in [-0.39, 0.29) is 40.3 Å². The lowest BCUT2D eigenvalue weighted by Crippen LogP contribution is -2.54. The van der Waals surface area contributed by atoms with Crippen LogP contribution in [0, 0.1) is 3.57 Å². The molecule has 7 N–H and O–H groups in total. The van der Waals surface area contributed by atoms with Crippen molar-refractivity contribution in [2.75, 3.05) is 11.9 Å². The second-order valence-electron chi connectivity index (χ2n) is 8.41.